The number of carbonyl (C=O) groups is 2. The molecule has 1 atom stereocenters. The van der Waals surface area contributed by atoms with Gasteiger partial charge in [-0.15, -0.1) is 0 Å². The number of hydrogen-bond acceptors (Lipinski definition) is 3. The number of nitrogens with one attached hydrogen (secondary N) is 2. The molecule has 0 spiro atoms. The third-order valence-electron chi connectivity index (χ3n) is 2.75. The Bertz CT molecular complexity index is 263. The largest absolute Gasteiger partial charge is 0.481 e. The summed E-state index contributed by atoms with van der Waals surface area (Å²) in [5, 5.41) is 14.6. The fourth-order valence-electron chi connectivity index (χ4n) is 1.79. The van der Waals surface area contributed by atoms with Crippen LogP contribution in [0.5, 0.6) is 0 Å². The standard InChI is InChI=1S/C11H21N3O3/c1-9(7-10(15)16)8-13-11(17)14-5-2-3-12-4-6-14/h9,12H,2-8H2,1H3,(H,13,17)(H,15,16). The molecule has 0 bridgehead atoms. The Morgan fingerprint density at radius 3 is 2.88 bits per heavy atom. The fourth-order valence-corrected chi connectivity index (χ4v) is 1.79. The highest BCUT2D eigenvalue weighted by Crippen LogP contribution is 2.01. The first-order valence-electron chi connectivity index (χ1n) is 6.05. The van der Waals surface area contributed by atoms with Gasteiger partial charge >= 0.3 is 12.0 Å². The van der Waals surface area contributed by atoms with Crippen LogP contribution in [0.4, 0.5) is 4.79 Å². The third kappa shape index (κ3) is 5.53. The van der Waals surface area contributed by atoms with Crippen molar-refractivity contribution in [3.05, 3.63) is 0 Å². The predicted molar refractivity (Wildman–Crippen MR) is 63.9 cm³/mol. The van der Waals surface area contributed by atoms with Gasteiger partial charge in [0.25, 0.3) is 0 Å². The molecule has 3 N–H and O–H groups in total. The Morgan fingerprint density at radius 2 is 2.18 bits per heavy atom. The van der Waals surface area contributed by atoms with Crippen molar-refractivity contribution >= 4 is 12.0 Å². The van der Waals surface area contributed by atoms with Crippen LogP contribution in [-0.4, -0.2) is 54.7 Å². The molecule has 0 radical (unpaired) electrons. The van der Waals surface area contributed by atoms with E-state index in [4.69, 9.17) is 5.11 Å². The number of carbonyl (C=O) groups excluding carboxylic acids is 1. The molecule has 0 saturated carbocycles. The zero-order valence-corrected chi connectivity index (χ0v) is 10.2. The second kappa shape index (κ2) is 7.11. The van der Waals surface area contributed by atoms with Crippen molar-refractivity contribution in [1.29, 1.82) is 0 Å². The number of carboxylic acid groups (broad SMARTS) is 1. The first-order chi connectivity index (χ1) is 8.09. The fraction of sp³-hybridized carbons (Fsp3) is 0.818. The van der Waals surface area contributed by atoms with Gasteiger partial charge in [0.15, 0.2) is 0 Å². The highest BCUT2D eigenvalue weighted by Gasteiger charge is 2.16. The van der Waals surface area contributed by atoms with Crippen LogP contribution >= 0.6 is 0 Å². The molecule has 0 aromatic heterocycles. The summed E-state index contributed by atoms with van der Waals surface area (Å²) in [6.45, 7) is 5.45. The molecule has 1 aliphatic heterocycles. The lowest BCUT2D eigenvalue weighted by Gasteiger charge is -2.21. The molecule has 0 aliphatic carbocycles. The first kappa shape index (κ1) is 13.8. The van der Waals surface area contributed by atoms with Gasteiger partial charge in [0.1, 0.15) is 0 Å². The number of amides is 2. The van der Waals surface area contributed by atoms with E-state index in [0.717, 1.165) is 26.1 Å². The molecule has 6 nitrogen and oxygen atoms in total. The number of carboxylic acids is 1. The number of urea groups is 1. The van der Waals surface area contributed by atoms with E-state index in [1.165, 1.54) is 0 Å². The summed E-state index contributed by atoms with van der Waals surface area (Å²) in [5.74, 6) is -0.868. The van der Waals surface area contributed by atoms with Crippen LogP contribution in [0.25, 0.3) is 0 Å². The quantitative estimate of drug-likeness (QED) is 0.654. The summed E-state index contributed by atoms with van der Waals surface area (Å²) in [6, 6.07) is -0.0917. The van der Waals surface area contributed by atoms with Crippen molar-refractivity contribution in [1.82, 2.24) is 15.5 Å². The number of rotatable bonds is 4. The third-order valence-corrected chi connectivity index (χ3v) is 2.75. The second-order valence-electron chi connectivity index (χ2n) is 4.48. The summed E-state index contributed by atoms with van der Waals surface area (Å²) in [4.78, 5) is 24.0. The van der Waals surface area contributed by atoms with E-state index in [1.54, 1.807) is 4.90 Å². The number of aliphatic carboxylic acids is 1. The van der Waals surface area contributed by atoms with E-state index in [1.807, 2.05) is 6.92 Å². The Labute approximate surface area is 101 Å². The van der Waals surface area contributed by atoms with Gasteiger partial charge in [-0.05, 0) is 18.9 Å². The second-order valence-corrected chi connectivity index (χ2v) is 4.48. The van der Waals surface area contributed by atoms with E-state index in [-0.39, 0.29) is 18.4 Å². The molecular formula is C11H21N3O3. The molecular weight excluding hydrogens is 222 g/mol. The van der Waals surface area contributed by atoms with Crippen LogP contribution in [0.3, 0.4) is 0 Å². The molecule has 1 aliphatic rings. The van der Waals surface area contributed by atoms with Crippen molar-refractivity contribution in [3.8, 4) is 0 Å². The Balaban J connectivity index is 2.25. The summed E-state index contributed by atoms with van der Waals surface area (Å²) < 4.78 is 0. The number of nitrogens with zero attached hydrogens (tertiary/aromatic N) is 1. The van der Waals surface area contributed by atoms with Crippen LogP contribution in [0, 0.1) is 5.92 Å². The first-order valence-corrected chi connectivity index (χ1v) is 6.05. The highest BCUT2D eigenvalue weighted by atomic mass is 16.4. The van der Waals surface area contributed by atoms with Crippen molar-refractivity contribution in [2.24, 2.45) is 5.92 Å². The summed E-state index contributed by atoms with van der Waals surface area (Å²) in [7, 11) is 0. The topological polar surface area (TPSA) is 81.7 Å². The smallest absolute Gasteiger partial charge is 0.317 e. The Hall–Kier alpha value is -1.30. The molecule has 1 saturated heterocycles. The van der Waals surface area contributed by atoms with E-state index in [9.17, 15) is 9.59 Å². The molecule has 2 amide bonds. The molecule has 1 fully saturated rings. The molecule has 0 aromatic rings. The molecule has 0 aromatic carbocycles. The highest BCUT2D eigenvalue weighted by molar-refractivity contribution is 5.74. The van der Waals surface area contributed by atoms with E-state index >= 15 is 0 Å². The van der Waals surface area contributed by atoms with Crippen molar-refractivity contribution < 1.29 is 14.7 Å². The van der Waals surface area contributed by atoms with Gasteiger partial charge < -0.3 is 20.6 Å². The maximum absolute atomic E-state index is 11.8. The molecule has 6 heteroatoms. The van der Waals surface area contributed by atoms with Crippen LogP contribution in [-0.2, 0) is 4.79 Å². The molecule has 1 rings (SSSR count). The van der Waals surface area contributed by atoms with Gasteiger partial charge in [-0.2, -0.15) is 0 Å². The van der Waals surface area contributed by atoms with Gasteiger partial charge in [0, 0.05) is 32.6 Å². The van der Waals surface area contributed by atoms with Crippen molar-refractivity contribution in [3.63, 3.8) is 0 Å². The average molecular weight is 243 g/mol. The molecule has 17 heavy (non-hydrogen) atoms. The summed E-state index contributed by atoms with van der Waals surface area (Å²) >= 11 is 0. The minimum Gasteiger partial charge on any atom is -0.481 e. The minimum absolute atomic E-state index is 0.0402. The van der Waals surface area contributed by atoms with Crippen molar-refractivity contribution in [2.45, 2.75) is 19.8 Å². The van der Waals surface area contributed by atoms with E-state index in [2.05, 4.69) is 10.6 Å². The Morgan fingerprint density at radius 1 is 1.41 bits per heavy atom. The van der Waals surface area contributed by atoms with Crippen LogP contribution in [0.2, 0.25) is 0 Å². The van der Waals surface area contributed by atoms with Gasteiger partial charge in [-0.1, -0.05) is 6.92 Å². The van der Waals surface area contributed by atoms with E-state index in [0.29, 0.717) is 13.1 Å². The lowest BCUT2D eigenvalue weighted by atomic mass is 10.1. The van der Waals surface area contributed by atoms with Crippen LogP contribution in [0.1, 0.15) is 19.8 Å². The van der Waals surface area contributed by atoms with Gasteiger partial charge in [0.2, 0.25) is 0 Å². The van der Waals surface area contributed by atoms with Gasteiger partial charge in [-0.25, -0.2) is 4.79 Å². The van der Waals surface area contributed by atoms with Gasteiger partial charge in [-0.3, -0.25) is 4.79 Å². The maximum Gasteiger partial charge on any atom is 0.317 e. The summed E-state index contributed by atoms with van der Waals surface area (Å²) in [6.07, 6.45) is 1.04. The predicted octanol–water partition coefficient (Wildman–Crippen LogP) is 0.102. The molecule has 1 heterocycles. The zero-order valence-electron chi connectivity index (χ0n) is 10.2. The normalized spacial score (nSPS) is 18.3. The number of hydrogen-bond donors (Lipinski definition) is 3. The van der Waals surface area contributed by atoms with Crippen LogP contribution < -0.4 is 10.6 Å². The lowest BCUT2D eigenvalue weighted by Crippen LogP contribution is -2.43. The minimum atomic E-state index is -0.828. The molecule has 1 unspecified atom stereocenters. The summed E-state index contributed by atoms with van der Waals surface area (Å²) in [5.41, 5.74) is 0. The average Bonchev–Trinajstić information content (AvgIpc) is 2.53. The SMILES string of the molecule is CC(CNC(=O)N1CCCNCC1)CC(=O)O. The van der Waals surface area contributed by atoms with E-state index < -0.39 is 5.97 Å². The van der Waals surface area contributed by atoms with Crippen LogP contribution in [0.15, 0.2) is 0 Å². The Kier molecular flexibility index (Phi) is 5.76. The molecule has 98 valence electrons. The lowest BCUT2D eigenvalue weighted by molar-refractivity contribution is -0.137. The van der Waals surface area contributed by atoms with Gasteiger partial charge in [0.05, 0.1) is 0 Å². The maximum atomic E-state index is 11.8. The monoisotopic (exact) mass is 243 g/mol. The zero-order chi connectivity index (χ0) is 12.7. The van der Waals surface area contributed by atoms with Crippen molar-refractivity contribution in [2.75, 3.05) is 32.7 Å².